The van der Waals surface area contributed by atoms with Crippen LogP contribution in [0.3, 0.4) is 0 Å². The molecule has 0 radical (unpaired) electrons. The van der Waals surface area contributed by atoms with E-state index in [0.717, 1.165) is 47.9 Å². The predicted molar refractivity (Wildman–Crippen MR) is 114 cm³/mol. The molecular formula is C18H20N6O2S3. The van der Waals surface area contributed by atoms with Crippen LogP contribution in [-0.2, 0) is 10.5 Å². The van der Waals surface area contributed by atoms with Crippen molar-refractivity contribution in [2.45, 2.75) is 61.0 Å². The number of fused-ring (bicyclic) bond motifs is 1. The fraction of sp³-hybridized carbons (Fsp3) is 0.556. The summed E-state index contributed by atoms with van der Waals surface area (Å²) in [5, 5.41) is 17.1. The number of amides is 1. The van der Waals surface area contributed by atoms with Crippen molar-refractivity contribution < 1.29 is 4.79 Å². The Kier molecular flexibility index (Phi) is 5.35. The summed E-state index contributed by atoms with van der Waals surface area (Å²) in [6, 6.07) is 1.53. The van der Waals surface area contributed by atoms with Crippen LogP contribution in [0.5, 0.6) is 0 Å². The number of hydrogen-bond acceptors (Lipinski definition) is 9. The zero-order valence-corrected chi connectivity index (χ0v) is 18.1. The molecule has 3 aromatic rings. The van der Waals surface area contributed by atoms with E-state index in [4.69, 9.17) is 0 Å². The van der Waals surface area contributed by atoms with E-state index in [2.05, 4.69) is 25.6 Å². The molecule has 0 aliphatic heterocycles. The van der Waals surface area contributed by atoms with Gasteiger partial charge in [0.25, 0.3) is 5.56 Å². The third kappa shape index (κ3) is 4.36. The van der Waals surface area contributed by atoms with Crippen LogP contribution in [-0.4, -0.2) is 30.7 Å². The summed E-state index contributed by atoms with van der Waals surface area (Å²) in [5.41, 5.74) is 0.556. The summed E-state index contributed by atoms with van der Waals surface area (Å²) in [5.74, 6) is 1.16. The quantitative estimate of drug-likeness (QED) is 0.453. The molecule has 2 fully saturated rings. The van der Waals surface area contributed by atoms with Gasteiger partial charge in [-0.1, -0.05) is 53.7 Å². The molecule has 0 atom stereocenters. The largest absolute Gasteiger partial charge is 0.300 e. The van der Waals surface area contributed by atoms with Crippen LogP contribution < -0.4 is 10.9 Å². The van der Waals surface area contributed by atoms with Gasteiger partial charge in [-0.2, -0.15) is 9.61 Å². The summed E-state index contributed by atoms with van der Waals surface area (Å²) in [6.07, 6.45) is 7.66. The molecule has 2 saturated carbocycles. The van der Waals surface area contributed by atoms with Crippen LogP contribution in [0.4, 0.5) is 5.13 Å². The maximum Gasteiger partial charge on any atom is 0.275 e. The third-order valence-corrected chi connectivity index (χ3v) is 8.27. The van der Waals surface area contributed by atoms with Crippen molar-refractivity contribution in [3.05, 3.63) is 27.1 Å². The SMILES string of the molecule is O=C(Nc1nnc(SCc2cc(=O)n3nc(C4CC4)sc3n2)s1)C1CCCCC1. The molecule has 1 amide bonds. The van der Waals surface area contributed by atoms with Crippen LogP contribution in [0.2, 0.25) is 0 Å². The lowest BCUT2D eigenvalue weighted by Gasteiger charge is -2.19. The summed E-state index contributed by atoms with van der Waals surface area (Å²) in [4.78, 5) is 29.9. The highest BCUT2D eigenvalue weighted by Gasteiger charge is 2.28. The fourth-order valence-corrected chi connectivity index (χ4v) is 6.21. The van der Waals surface area contributed by atoms with Crippen LogP contribution in [0.15, 0.2) is 15.2 Å². The molecule has 8 nitrogen and oxygen atoms in total. The Labute approximate surface area is 179 Å². The highest BCUT2D eigenvalue weighted by molar-refractivity contribution is 8.00. The lowest BCUT2D eigenvalue weighted by Crippen LogP contribution is -2.24. The Morgan fingerprint density at radius 2 is 2.00 bits per heavy atom. The maximum absolute atomic E-state index is 12.3. The second-order valence-electron chi connectivity index (χ2n) is 7.48. The molecule has 0 bridgehead atoms. The predicted octanol–water partition coefficient (Wildman–Crippen LogP) is 3.69. The van der Waals surface area contributed by atoms with Gasteiger partial charge in [-0.3, -0.25) is 9.59 Å². The number of nitrogens with zero attached hydrogens (tertiary/aromatic N) is 5. The molecule has 3 heterocycles. The van der Waals surface area contributed by atoms with Gasteiger partial charge in [-0.15, -0.1) is 10.2 Å². The van der Waals surface area contributed by atoms with Crippen LogP contribution in [0.1, 0.15) is 61.6 Å². The number of hydrogen-bond donors (Lipinski definition) is 1. The first-order valence-electron chi connectivity index (χ1n) is 9.82. The van der Waals surface area contributed by atoms with Crippen LogP contribution >= 0.6 is 34.4 Å². The first kappa shape index (κ1) is 19.1. The number of carbonyl (C=O) groups is 1. The standard InChI is InChI=1S/C18H20N6O2S3/c25-13-8-12(19-17-24(13)23-15(28-17)11-6-7-11)9-27-18-22-21-16(29-18)20-14(26)10-4-2-1-3-5-10/h8,10-11H,1-7,9H2,(H,20,21,26). The second kappa shape index (κ2) is 8.11. The van der Waals surface area contributed by atoms with E-state index in [0.29, 0.717) is 27.5 Å². The van der Waals surface area contributed by atoms with Gasteiger partial charge >= 0.3 is 0 Å². The molecule has 2 aliphatic carbocycles. The second-order valence-corrected chi connectivity index (χ2v) is 10.7. The molecule has 11 heteroatoms. The Hall–Kier alpha value is -1.85. The van der Waals surface area contributed by atoms with E-state index in [-0.39, 0.29) is 17.4 Å². The summed E-state index contributed by atoms with van der Waals surface area (Å²) >= 11 is 4.32. The Morgan fingerprint density at radius 3 is 2.79 bits per heavy atom. The molecule has 0 spiro atoms. The molecule has 3 aromatic heterocycles. The van der Waals surface area contributed by atoms with Gasteiger partial charge in [-0.25, -0.2) is 4.98 Å². The van der Waals surface area contributed by atoms with E-state index >= 15 is 0 Å². The van der Waals surface area contributed by atoms with E-state index in [9.17, 15) is 9.59 Å². The van der Waals surface area contributed by atoms with E-state index in [1.54, 1.807) is 0 Å². The maximum atomic E-state index is 12.3. The Morgan fingerprint density at radius 1 is 1.17 bits per heavy atom. The van der Waals surface area contributed by atoms with Crippen molar-refractivity contribution >= 4 is 50.4 Å². The minimum atomic E-state index is -0.147. The van der Waals surface area contributed by atoms with Gasteiger partial charge in [0.2, 0.25) is 16.0 Å². The van der Waals surface area contributed by atoms with Crippen LogP contribution in [0, 0.1) is 5.92 Å². The van der Waals surface area contributed by atoms with Crippen molar-refractivity contribution in [2.24, 2.45) is 5.92 Å². The van der Waals surface area contributed by atoms with Crippen molar-refractivity contribution in [1.29, 1.82) is 0 Å². The zero-order chi connectivity index (χ0) is 19.8. The summed E-state index contributed by atoms with van der Waals surface area (Å²) in [6.45, 7) is 0. The minimum absolute atomic E-state index is 0.0502. The lowest BCUT2D eigenvalue weighted by molar-refractivity contribution is -0.120. The van der Waals surface area contributed by atoms with Gasteiger partial charge in [0.15, 0.2) is 4.34 Å². The van der Waals surface area contributed by atoms with Gasteiger partial charge in [0.1, 0.15) is 5.01 Å². The Bertz CT molecular complexity index is 1100. The molecule has 1 N–H and O–H groups in total. The highest BCUT2D eigenvalue weighted by atomic mass is 32.2. The average Bonchev–Trinajstić information content (AvgIpc) is 3.33. The number of carbonyl (C=O) groups excluding carboxylic acids is 1. The third-order valence-electron chi connectivity index (χ3n) is 5.20. The Balaban J connectivity index is 1.22. The van der Waals surface area contributed by atoms with Crippen LogP contribution in [0.25, 0.3) is 4.96 Å². The van der Waals surface area contributed by atoms with Gasteiger partial charge < -0.3 is 5.32 Å². The molecular weight excluding hydrogens is 428 g/mol. The van der Waals surface area contributed by atoms with Crippen molar-refractivity contribution in [1.82, 2.24) is 24.8 Å². The highest BCUT2D eigenvalue weighted by Crippen LogP contribution is 2.41. The average molecular weight is 449 g/mol. The smallest absolute Gasteiger partial charge is 0.275 e. The van der Waals surface area contributed by atoms with Crippen molar-refractivity contribution in [2.75, 3.05) is 5.32 Å². The van der Waals surface area contributed by atoms with Crippen molar-refractivity contribution in [3.8, 4) is 0 Å². The van der Waals surface area contributed by atoms with E-state index < -0.39 is 0 Å². The molecule has 29 heavy (non-hydrogen) atoms. The molecule has 152 valence electrons. The molecule has 2 aliphatic rings. The zero-order valence-electron chi connectivity index (χ0n) is 15.7. The monoisotopic (exact) mass is 448 g/mol. The number of thioether (sulfide) groups is 1. The van der Waals surface area contributed by atoms with E-state index in [1.165, 1.54) is 51.4 Å². The first-order valence-corrected chi connectivity index (χ1v) is 12.4. The van der Waals surface area contributed by atoms with Gasteiger partial charge in [-0.05, 0) is 25.7 Å². The minimum Gasteiger partial charge on any atom is -0.300 e. The normalized spacial score (nSPS) is 17.7. The number of aromatic nitrogens is 5. The van der Waals surface area contributed by atoms with Gasteiger partial charge in [0.05, 0.1) is 5.69 Å². The topological polar surface area (TPSA) is 102 Å². The first-order chi connectivity index (χ1) is 14.2. The number of anilines is 1. The lowest BCUT2D eigenvalue weighted by atomic mass is 9.89. The number of nitrogens with one attached hydrogen (secondary N) is 1. The summed E-state index contributed by atoms with van der Waals surface area (Å²) in [7, 11) is 0. The fourth-order valence-electron chi connectivity index (χ4n) is 3.47. The van der Waals surface area contributed by atoms with E-state index in [1.807, 2.05) is 0 Å². The van der Waals surface area contributed by atoms with Gasteiger partial charge in [0, 0.05) is 23.7 Å². The van der Waals surface area contributed by atoms with Crippen molar-refractivity contribution in [3.63, 3.8) is 0 Å². The molecule has 0 saturated heterocycles. The molecule has 0 unspecified atom stereocenters. The number of rotatable bonds is 6. The molecule has 5 rings (SSSR count). The molecule has 0 aromatic carbocycles. The summed E-state index contributed by atoms with van der Waals surface area (Å²) < 4.78 is 2.14.